The molecule has 1 heterocycles. The molecule has 0 radical (unpaired) electrons. The molecule has 0 spiro atoms. The molecule has 1 unspecified atom stereocenters. The molecule has 1 saturated carbocycles. The summed E-state index contributed by atoms with van der Waals surface area (Å²) in [5.74, 6) is -0.466. The summed E-state index contributed by atoms with van der Waals surface area (Å²) in [4.78, 5) is 4.78. The maximum absolute atomic E-state index is 13.8. The van der Waals surface area contributed by atoms with Gasteiger partial charge < -0.3 is 14.6 Å². The van der Waals surface area contributed by atoms with Crippen LogP contribution in [0.15, 0.2) is 47.2 Å². The van der Waals surface area contributed by atoms with Crippen molar-refractivity contribution in [2.24, 2.45) is 0 Å². The molecule has 1 fully saturated rings. The van der Waals surface area contributed by atoms with Crippen molar-refractivity contribution in [2.45, 2.75) is 44.9 Å². The van der Waals surface area contributed by atoms with Crippen molar-refractivity contribution in [3.63, 3.8) is 0 Å². The average molecular weight is 518 g/mol. The van der Waals surface area contributed by atoms with Crippen LogP contribution in [0.2, 0.25) is 5.02 Å². The van der Waals surface area contributed by atoms with Crippen LogP contribution in [0.1, 0.15) is 60.8 Å². The van der Waals surface area contributed by atoms with Gasteiger partial charge in [0.15, 0.2) is 4.73 Å². The van der Waals surface area contributed by atoms with Gasteiger partial charge in [-0.1, -0.05) is 23.7 Å². The summed E-state index contributed by atoms with van der Waals surface area (Å²) in [5, 5.41) is 12.8. The van der Waals surface area contributed by atoms with Gasteiger partial charge >= 0.3 is 0 Å². The first-order valence-corrected chi connectivity index (χ1v) is 11.7. The molecule has 32 heavy (non-hydrogen) atoms. The molecule has 0 bridgehead atoms. The Bertz CT molecular complexity index is 1140. The number of halogens is 3. The van der Waals surface area contributed by atoms with Gasteiger partial charge in [-0.2, -0.15) is 5.26 Å². The summed E-state index contributed by atoms with van der Waals surface area (Å²) in [6.07, 6.45) is 3.34. The summed E-state index contributed by atoms with van der Waals surface area (Å²) in [6.45, 7) is 2.91. The topological polar surface area (TPSA) is 62.9 Å². The lowest BCUT2D eigenvalue weighted by Gasteiger charge is -2.32. The molecule has 1 aliphatic carbocycles. The summed E-state index contributed by atoms with van der Waals surface area (Å²) in [7, 11) is 0. The van der Waals surface area contributed by atoms with Crippen LogP contribution >= 0.6 is 27.5 Å². The molecule has 0 aliphatic heterocycles. The number of nitrogens with zero attached hydrogens (tertiary/aromatic N) is 3. The van der Waals surface area contributed by atoms with E-state index in [0.29, 0.717) is 30.5 Å². The van der Waals surface area contributed by atoms with E-state index in [2.05, 4.69) is 31.9 Å². The fraction of sp³-hybridized carbons (Fsp3) is 0.333. The lowest BCUT2D eigenvalue weighted by Crippen LogP contribution is -2.25. The first-order chi connectivity index (χ1) is 15.5. The number of nitriles is 1. The van der Waals surface area contributed by atoms with E-state index in [-0.39, 0.29) is 11.1 Å². The Hall–Kier alpha value is -2.40. The maximum Gasteiger partial charge on any atom is 0.177 e. The Balaban J connectivity index is 1.84. The molecule has 3 aromatic rings. The number of hydrogen-bond acceptors (Lipinski definition) is 4. The van der Waals surface area contributed by atoms with Gasteiger partial charge in [-0.25, -0.2) is 9.37 Å². The minimum Gasteiger partial charge on any atom is -0.375 e. The number of imidazole rings is 1. The Morgan fingerprint density at radius 3 is 2.66 bits per heavy atom. The third-order valence-corrected chi connectivity index (χ3v) is 6.59. The number of nitrogens with one attached hydrogen (secondary N) is 1. The van der Waals surface area contributed by atoms with Crippen molar-refractivity contribution in [1.82, 2.24) is 9.55 Å². The van der Waals surface area contributed by atoms with Crippen LogP contribution in [0.25, 0.3) is 0 Å². The van der Waals surface area contributed by atoms with Gasteiger partial charge in [0.1, 0.15) is 5.82 Å². The highest BCUT2D eigenvalue weighted by Crippen LogP contribution is 2.40. The van der Waals surface area contributed by atoms with Gasteiger partial charge in [0, 0.05) is 18.3 Å². The van der Waals surface area contributed by atoms with Crippen molar-refractivity contribution >= 4 is 33.2 Å². The minimum atomic E-state index is -0.466. The van der Waals surface area contributed by atoms with Crippen molar-refractivity contribution < 1.29 is 9.13 Å². The van der Waals surface area contributed by atoms with E-state index in [0.717, 1.165) is 34.5 Å². The Kier molecular flexibility index (Phi) is 7.14. The first kappa shape index (κ1) is 22.8. The molecule has 8 heteroatoms. The molecular weight excluding hydrogens is 495 g/mol. The van der Waals surface area contributed by atoms with Crippen molar-refractivity contribution in [3.05, 3.63) is 80.6 Å². The lowest BCUT2D eigenvalue weighted by molar-refractivity contribution is 0.130. The Morgan fingerprint density at radius 1 is 1.31 bits per heavy atom. The molecule has 1 atom stereocenters. The van der Waals surface area contributed by atoms with Gasteiger partial charge in [-0.05, 0) is 78.0 Å². The zero-order valence-corrected chi connectivity index (χ0v) is 20.0. The van der Waals surface area contributed by atoms with Gasteiger partial charge in [0.05, 0.1) is 40.7 Å². The SMILES string of the molecule is CCOCc1nc(Br)n(C2CCC2)c1C(Nc1ccc(F)c(Cl)c1)c1ccc(C#N)cc1. The van der Waals surface area contributed by atoms with E-state index < -0.39 is 5.82 Å². The van der Waals surface area contributed by atoms with Crippen LogP contribution in [0, 0.1) is 17.1 Å². The van der Waals surface area contributed by atoms with Crippen molar-refractivity contribution in [3.8, 4) is 6.07 Å². The molecule has 1 aliphatic rings. The summed E-state index contributed by atoms with van der Waals surface area (Å²) >= 11 is 9.71. The molecule has 2 aromatic carbocycles. The van der Waals surface area contributed by atoms with E-state index in [1.54, 1.807) is 24.3 Å². The third-order valence-electron chi connectivity index (χ3n) is 5.74. The standard InChI is InChI=1S/C24H23BrClFN4O/c1-2-32-14-21-23(31(24(25)30-21)18-4-3-5-18)22(16-8-6-15(13-28)7-9-16)29-17-10-11-20(27)19(26)12-17/h6-12,18,22,29H,2-5,14H2,1H3. The van der Waals surface area contributed by atoms with E-state index >= 15 is 0 Å². The second-order valence-electron chi connectivity index (χ2n) is 7.74. The molecule has 0 amide bonds. The number of aromatic nitrogens is 2. The highest BCUT2D eigenvalue weighted by Gasteiger charge is 2.31. The maximum atomic E-state index is 13.8. The van der Waals surface area contributed by atoms with E-state index in [4.69, 9.17) is 21.3 Å². The zero-order chi connectivity index (χ0) is 22.7. The van der Waals surface area contributed by atoms with Gasteiger partial charge in [0.2, 0.25) is 0 Å². The smallest absolute Gasteiger partial charge is 0.177 e. The quantitative estimate of drug-likeness (QED) is 0.358. The van der Waals surface area contributed by atoms with E-state index in [1.165, 1.54) is 12.5 Å². The zero-order valence-electron chi connectivity index (χ0n) is 17.6. The fourth-order valence-electron chi connectivity index (χ4n) is 3.88. The number of benzene rings is 2. The number of ether oxygens (including phenoxy) is 1. The molecule has 166 valence electrons. The van der Waals surface area contributed by atoms with Crippen LogP contribution in [0.5, 0.6) is 0 Å². The van der Waals surface area contributed by atoms with Crippen LogP contribution in [-0.4, -0.2) is 16.2 Å². The van der Waals surface area contributed by atoms with Gasteiger partial charge in [0.25, 0.3) is 0 Å². The van der Waals surface area contributed by atoms with E-state index in [1.807, 2.05) is 19.1 Å². The normalized spacial score (nSPS) is 14.6. The summed E-state index contributed by atoms with van der Waals surface area (Å²) in [6, 6.07) is 14.2. The second-order valence-corrected chi connectivity index (χ2v) is 8.86. The van der Waals surface area contributed by atoms with Crippen LogP contribution in [0.4, 0.5) is 10.1 Å². The Morgan fingerprint density at radius 2 is 2.06 bits per heavy atom. The predicted octanol–water partition coefficient (Wildman–Crippen LogP) is 6.77. The highest BCUT2D eigenvalue weighted by atomic mass is 79.9. The lowest BCUT2D eigenvalue weighted by atomic mass is 9.91. The number of rotatable bonds is 8. The van der Waals surface area contributed by atoms with Crippen molar-refractivity contribution in [2.75, 3.05) is 11.9 Å². The molecule has 1 aromatic heterocycles. The Labute approximate surface area is 200 Å². The van der Waals surface area contributed by atoms with E-state index in [9.17, 15) is 9.65 Å². The van der Waals surface area contributed by atoms with Gasteiger partial charge in [-0.3, -0.25) is 0 Å². The largest absolute Gasteiger partial charge is 0.375 e. The van der Waals surface area contributed by atoms with Crippen LogP contribution in [-0.2, 0) is 11.3 Å². The molecule has 5 nitrogen and oxygen atoms in total. The first-order valence-electron chi connectivity index (χ1n) is 10.6. The minimum absolute atomic E-state index is 0.0526. The second kappa shape index (κ2) is 10.0. The van der Waals surface area contributed by atoms with Gasteiger partial charge in [-0.15, -0.1) is 0 Å². The molecule has 0 saturated heterocycles. The number of anilines is 1. The molecule has 1 N–H and O–H groups in total. The molecular formula is C24H23BrClFN4O. The summed E-state index contributed by atoms with van der Waals surface area (Å²) < 4.78 is 22.5. The molecule has 4 rings (SSSR count). The van der Waals surface area contributed by atoms with Crippen molar-refractivity contribution in [1.29, 1.82) is 5.26 Å². The summed E-state index contributed by atoms with van der Waals surface area (Å²) in [5.41, 5.74) is 4.04. The van der Waals surface area contributed by atoms with Crippen LogP contribution < -0.4 is 5.32 Å². The number of hydrogen-bond donors (Lipinski definition) is 1. The monoisotopic (exact) mass is 516 g/mol. The van der Waals surface area contributed by atoms with Crippen LogP contribution in [0.3, 0.4) is 0 Å². The fourth-order valence-corrected chi connectivity index (χ4v) is 4.75. The third kappa shape index (κ3) is 4.68. The highest BCUT2D eigenvalue weighted by molar-refractivity contribution is 9.10. The predicted molar refractivity (Wildman–Crippen MR) is 126 cm³/mol. The average Bonchev–Trinajstić information content (AvgIpc) is 3.07.